The van der Waals surface area contributed by atoms with E-state index in [1.54, 1.807) is 12.1 Å². The SMILES string of the molecule is CCC(C)c1ccc(S(=O)(=O)N[C@@H]2CCCNC2)cc1. The molecular weight excluding hydrogens is 272 g/mol. The normalized spacial score (nSPS) is 21.6. The van der Waals surface area contributed by atoms with E-state index in [4.69, 9.17) is 0 Å². The molecule has 0 saturated carbocycles. The monoisotopic (exact) mass is 296 g/mol. The van der Waals surface area contributed by atoms with Gasteiger partial charge in [-0.3, -0.25) is 0 Å². The first kappa shape index (κ1) is 15.5. The van der Waals surface area contributed by atoms with Crippen molar-refractivity contribution in [2.24, 2.45) is 0 Å². The smallest absolute Gasteiger partial charge is 0.240 e. The highest BCUT2D eigenvalue weighted by Crippen LogP contribution is 2.20. The zero-order valence-corrected chi connectivity index (χ0v) is 13.0. The summed E-state index contributed by atoms with van der Waals surface area (Å²) in [5.74, 6) is 0.460. The van der Waals surface area contributed by atoms with E-state index < -0.39 is 10.0 Å². The van der Waals surface area contributed by atoms with Crippen LogP contribution in [0.2, 0.25) is 0 Å². The van der Waals surface area contributed by atoms with Crippen LogP contribution in [0.1, 0.15) is 44.6 Å². The Bertz CT molecular complexity index is 519. The van der Waals surface area contributed by atoms with E-state index in [2.05, 4.69) is 23.9 Å². The lowest BCUT2D eigenvalue weighted by molar-refractivity contribution is 0.428. The van der Waals surface area contributed by atoms with Crippen molar-refractivity contribution in [1.82, 2.24) is 10.0 Å². The maximum atomic E-state index is 12.3. The first-order valence-electron chi connectivity index (χ1n) is 7.36. The fourth-order valence-electron chi connectivity index (χ4n) is 2.45. The zero-order valence-electron chi connectivity index (χ0n) is 12.2. The van der Waals surface area contributed by atoms with E-state index in [0.29, 0.717) is 17.4 Å². The molecule has 1 fully saturated rings. The molecule has 0 aromatic heterocycles. The van der Waals surface area contributed by atoms with Crippen molar-refractivity contribution < 1.29 is 8.42 Å². The molecule has 1 heterocycles. The summed E-state index contributed by atoms with van der Waals surface area (Å²) in [6.07, 6.45) is 2.97. The highest BCUT2D eigenvalue weighted by atomic mass is 32.2. The van der Waals surface area contributed by atoms with Gasteiger partial charge in [-0.05, 0) is 49.4 Å². The molecule has 112 valence electrons. The number of sulfonamides is 1. The summed E-state index contributed by atoms with van der Waals surface area (Å²) in [5.41, 5.74) is 1.19. The molecule has 0 aliphatic carbocycles. The fourth-order valence-corrected chi connectivity index (χ4v) is 3.72. The van der Waals surface area contributed by atoms with Crippen LogP contribution < -0.4 is 10.0 Å². The first-order valence-corrected chi connectivity index (χ1v) is 8.84. The lowest BCUT2D eigenvalue weighted by Crippen LogP contribution is -2.45. The molecule has 5 heteroatoms. The molecule has 0 radical (unpaired) electrons. The Morgan fingerprint density at radius 2 is 2.05 bits per heavy atom. The Morgan fingerprint density at radius 3 is 2.60 bits per heavy atom. The summed E-state index contributed by atoms with van der Waals surface area (Å²) in [6.45, 7) is 5.97. The second-order valence-electron chi connectivity index (χ2n) is 5.54. The van der Waals surface area contributed by atoms with Gasteiger partial charge in [0, 0.05) is 12.6 Å². The Balaban J connectivity index is 2.08. The van der Waals surface area contributed by atoms with Crippen LogP contribution in [0.15, 0.2) is 29.2 Å². The van der Waals surface area contributed by atoms with Gasteiger partial charge in [0.05, 0.1) is 4.90 Å². The topological polar surface area (TPSA) is 58.2 Å². The van der Waals surface area contributed by atoms with Gasteiger partial charge in [-0.1, -0.05) is 26.0 Å². The predicted molar refractivity (Wildman–Crippen MR) is 81.4 cm³/mol. The van der Waals surface area contributed by atoms with Crippen molar-refractivity contribution in [2.45, 2.75) is 50.0 Å². The molecule has 1 aliphatic heterocycles. The minimum absolute atomic E-state index is 0.00277. The van der Waals surface area contributed by atoms with Crippen LogP contribution >= 0.6 is 0 Å². The first-order chi connectivity index (χ1) is 9.53. The van der Waals surface area contributed by atoms with Crippen LogP contribution in [-0.4, -0.2) is 27.5 Å². The molecule has 2 N–H and O–H groups in total. The fraction of sp³-hybridized carbons (Fsp3) is 0.600. The molecule has 1 aliphatic rings. The summed E-state index contributed by atoms with van der Waals surface area (Å²) < 4.78 is 27.4. The van der Waals surface area contributed by atoms with Gasteiger partial charge in [0.15, 0.2) is 0 Å². The molecular formula is C15H24N2O2S. The van der Waals surface area contributed by atoms with Gasteiger partial charge in [-0.15, -0.1) is 0 Å². The highest BCUT2D eigenvalue weighted by Gasteiger charge is 2.21. The van der Waals surface area contributed by atoms with Crippen molar-refractivity contribution in [1.29, 1.82) is 0 Å². The highest BCUT2D eigenvalue weighted by molar-refractivity contribution is 7.89. The van der Waals surface area contributed by atoms with Crippen molar-refractivity contribution in [3.8, 4) is 0 Å². The number of hydrogen-bond acceptors (Lipinski definition) is 3. The number of benzene rings is 1. The van der Waals surface area contributed by atoms with Crippen molar-refractivity contribution in [3.05, 3.63) is 29.8 Å². The van der Waals surface area contributed by atoms with E-state index in [1.165, 1.54) is 5.56 Å². The van der Waals surface area contributed by atoms with Crippen LogP contribution in [0.3, 0.4) is 0 Å². The molecule has 2 atom stereocenters. The molecule has 20 heavy (non-hydrogen) atoms. The summed E-state index contributed by atoms with van der Waals surface area (Å²) in [4.78, 5) is 0.357. The molecule has 1 aromatic rings. The van der Waals surface area contributed by atoms with Gasteiger partial charge in [-0.2, -0.15) is 0 Å². The van der Waals surface area contributed by atoms with Gasteiger partial charge in [0.25, 0.3) is 0 Å². The second kappa shape index (κ2) is 6.70. The summed E-state index contributed by atoms with van der Waals surface area (Å²) >= 11 is 0. The van der Waals surface area contributed by atoms with Crippen molar-refractivity contribution in [2.75, 3.05) is 13.1 Å². The van der Waals surface area contributed by atoms with Gasteiger partial charge in [0.1, 0.15) is 0 Å². The maximum Gasteiger partial charge on any atom is 0.240 e. The molecule has 0 bridgehead atoms. The Kier molecular flexibility index (Phi) is 5.18. The van der Waals surface area contributed by atoms with Crippen LogP contribution in [0.25, 0.3) is 0 Å². The van der Waals surface area contributed by atoms with E-state index in [-0.39, 0.29) is 6.04 Å². The molecule has 1 unspecified atom stereocenters. The molecule has 1 aromatic carbocycles. The van der Waals surface area contributed by atoms with Crippen molar-refractivity contribution in [3.63, 3.8) is 0 Å². The van der Waals surface area contributed by atoms with Crippen LogP contribution in [0.4, 0.5) is 0 Å². The van der Waals surface area contributed by atoms with Crippen LogP contribution in [0.5, 0.6) is 0 Å². The average Bonchev–Trinajstić information content (AvgIpc) is 2.47. The van der Waals surface area contributed by atoms with Crippen LogP contribution in [0, 0.1) is 0 Å². The molecule has 0 spiro atoms. The van der Waals surface area contributed by atoms with Crippen LogP contribution in [-0.2, 0) is 10.0 Å². The Morgan fingerprint density at radius 1 is 1.35 bits per heavy atom. The average molecular weight is 296 g/mol. The van der Waals surface area contributed by atoms with Gasteiger partial charge < -0.3 is 5.32 Å². The summed E-state index contributed by atoms with van der Waals surface area (Å²) in [7, 11) is -3.40. The van der Waals surface area contributed by atoms with Gasteiger partial charge in [-0.25, -0.2) is 13.1 Å². The minimum atomic E-state index is -3.40. The zero-order chi connectivity index (χ0) is 14.6. The molecule has 1 saturated heterocycles. The Hall–Kier alpha value is -0.910. The van der Waals surface area contributed by atoms with Gasteiger partial charge in [0.2, 0.25) is 10.0 Å². The minimum Gasteiger partial charge on any atom is -0.315 e. The summed E-state index contributed by atoms with van der Waals surface area (Å²) in [6, 6.07) is 7.26. The van der Waals surface area contributed by atoms with Crippen molar-refractivity contribution >= 4 is 10.0 Å². The quantitative estimate of drug-likeness (QED) is 0.876. The third kappa shape index (κ3) is 3.81. The lowest BCUT2D eigenvalue weighted by atomic mass is 9.99. The van der Waals surface area contributed by atoms with E-state index in [1.807, 2.05) is 12.1 Å². The van der Waals surface area contributed by atoms with Gasteiger partial charge >= 0.3 is 0 Å². The molecule has 0 amide bonds. The number of nitrogens with one attached hydrogen (secondary N) is 2. The van der Waals surface area contributed by atoms with E-state index in [0.717, 1.165) is 25.8 Å². The lowest BCUT2D eigenvalue weighted by Gasteiger charge is -2.23. The van der Waals surface area contributed by atoms with E-state index >= 15 is 0 Å². The summed E-state index contributed by atoms with van der Waals surface area (Å²) in [5, 5.41) is 3.21. The number of hydrogen-bond donors (Lipinski definition) is 2. The predicted octanol–water partition coefficient (Wildman–Crippen LogP) is 2.23. The standard InChI is InChI=1S/C15H24N2O2S/c1-3-12(2)13-6-8-15(9-7-13)20(18,19)17-14-5-4-10-16-11-14/h6-9,12,14,16-17H,3-5,10-11H2,1-2H3/t12?,14-/m1/s1. The maximum absolute atomic E-state index is 12.3. The largest absolute Gasteiger partial charge is 0.315 e. The van der Waals surface area contributed by atoms with E-state index in [9.17, 15) is 8.42 Å². The molecule has 2 rings (SSSR count). The molecule has 4 nitrogen and oxygen atoms in total. The Labute approximate surface area is 122 Å². The third-order valence-electron chi connectivity index (χ3n) is 3.99. The number of rotatable bonds is 5. The third-order valence-corrected chi connectivity index (χ3v) is 5.53. The number of piperidine rings is 1. The second-order valence-corrected chi connectivity index (χ2v) is 7.26.